The molecule has 2 N–H and O–H groups in total. The van der Waals surface area contributed by atoms with E-state index in [0.29, 0.717) is 12.2 Å². The van der Waals surface area contributed by atoms with Crippen LogP contribution in [0.25, 0.3) is 0 Å². The first-order valence-corrected chi connectivity index (χ1v) is 8.74. The number of amides is 1. The second-order valence-corrected chi connectivity index (χ2v) is 6.82. The predicted octanol–water partition coefficient (Wildman–Crippen LogP) is 1.17. The van der Waals surface area contributed by atoms with Crippen LogP contribution < -0.4 is 5.32 Å². The molecule has 2 heterocycles. The highest BCUT2D eigenvalue weighted by atomic mass is 32.1. The van der Waals surface area contributed by atoms with Crippen molar-refractivity contribution in [1.29, 1.82) is 0 Å². The summed E-state index contributed by atoms with van der Waals surface area (Å²) in [7, 11) is 1.79. The van der Waals surface area contributed by atoms with Crippen molar-refractivity contribution in [3.8, 4) is 5.75 Å². The van der Waals surface area contributed by atoms with E-state index in [9.17, 15) is 9.90 Å². The largest absolute Gasteiger partial charge is 0.508 e. The van der Waals surface area contributed by atoms with Crippen molar-refractivity contribution in [1.82, 2.24) is 20.0 Å². The van der Waals surface area contributed by atoms with E-state index in [-0.39, 0.29) is 5.91 Å². The molecule has 128 valence electrons. The molecule has 1 fully saturated rings. The molecule has 8 heteroatoms. The fourth-order valence-electron chi connectivity index (χ4n) is 2.74. The highest BCUT2D eigenvalue weighted by molar-refractivity contribution is 7.15. The summed E-state index contributed by atoms with van der Waals surface area (Å²) in [5.74, 6) is 0.394. The fourth-order valence-corrected chi connectivity index (χ4v) is 3.42. The molecule has 1 amide bonds. The van der Waals surface area contributed by atoms with Crippen LogP contribution in [0.2, 0.25) is 0 Å². The second-order valence-electron chi connectivity index (χ2n) is 5.75. The van der Waals surface area contributed by atoms with Gasteiger partial charge < -0.3 is 15.3 Å². The standard InChI is InChI=1S/C16H21N5O2S/c1-17-16-19-18-14(24-16)10-15(23)21-7-5-20(6-8-21)11-12-3-2-4-13(22)9-12/h2-4,9,22H,5-8,10-11H2,1H3,(H,17,19). The summed E-state index contributed by atoms with van der Waals surface area (Å²) in [5.41, 5.74) is 1.09. The number of nitrogens with zero attached hydrogens (tertiary/aromatic N) is 4. The molecule has 1 aromatic carbocycles. The van der Waals surface area contributed by atoms with Crippen LogP contribution in [-0.4, -0.2) is 64.2 Å². The summed E-state index contributed by atoms with van der Waals surface area (Å²) >= 11 is 1.41. The molecular formula is C16H21N5O2S. The predicted molar refractivity (Wildman–Crippen MR) is 93.1 cm³/mol. The normalized spacial score (nSPS) is 15.5. The van der Waals surface area contributed by atoms with Crippen LogP contribution in [0.15, 0.2) is 24.3 Å². The van der Waals surface area contributed by atoms with E-state index < -0.39 is 0 Å². The number of piperazine rings is 1. The molecule has 1 aromatic heterocycles. The minimum absolute atomic E-state index is 0.103. The van der Waals surface area contributed by atoms with Crippen molar-refractivity contribution in [2.24, 2.45) is 0 Å². The summed E-state index contributed by atoms with van der Waals surface area (Å²) in [5, 5.41) is 21.9. The van der Waals surface area contributed by atoms with Crippen LogP contribution in [0, 0.1) is 0 Å². The smallest absolute Gasteiger partial charge is 0.229 e. The van der Waals surface area contributed by atoms with E-state index in [1.165, 1.54) is 11.3 Å². The zero-order valence-electron chi connectivity index (χ0n) is 13.6. The van der Waals surface area contributed by atoms with E-state index in [4.69, 9.17) is 0 Å². The van der Waals surface area contributed by atoms with E-state index in [1.807, 2.05) is 17.0 Å². The van der Waals surface area contributed by atoms with Gasteiger partial charge in [0.05, 0.1) is 6.42 Å². The number of anilines is 1. The molecule has 0 atom stereocenters. The minimum atomic E-state index is 0.103. The molecule has 1 saturated heterocycles. The molecule has 0 unspecified atom stereocenters. The molecule has 0 aliphatic carbocycles. The zero-order valence-corrected chi connectivity index (χ0v) is 14.4. The SMILES string of the molecule is CNc1nnc(CC(=O)N2CCN(Cc3cccc(O)c3)CC2)s1. The Bertz CT molecular complexity index is 697. The van der Waals surface area contributed by atoms with Crippen LogP contribution in [0.1, 0.15) is 10.6 Å². The first-order chi connectivity index (χ1) is 11.6. The van der Waals surface area contributed by atoms with Gasteiger partial charge in [-0.3, -0.25) is 9.69 Å². The van der Waals surface area contributed by atoms with E-state index in [2.05, 4.69) is 20.4 Å². The summed E-state index contributed by atoms with van der Waals surface area (Å²) in [6.45, 7) is 3.89. The second kappa shape index (κ2) is 7.59. The number of rotatable bonds is 5. The number of hydrogen-bond acceptors (Lipinski definition) is 7. The average molecular weight is 347 g/mol. The van der Waals surface area contributed by atoms with Gasteiger partial charge >= 0.3 is 0 Å². The maximum absolute atomic E-state index is 12.4. The lowest BCUT2D eigenvalue weighted by molar-refractivity contribution is -0.132. The molecule has 24 heavy (non-hydrogen) atoms. The minimum Gasteiger partial charge on any atom is -0.508 e. The Morgan fingerprint density at radius 2 is 2.08 bits per heavy atom. The van der Waals surface area contributed by atoms with Gasteiger partial charge in [0.15, 0.2) is 0 Å². The topological polar surface area (TPSA) is 81.6 Å². The van der Waals surface area contributed by atoms with E-state index in [1.54, 1.807) is 19.2 Å². The number of phenolic OH excluding ortho intramolecular Hbond substituents is 1. The maximum Gasteiger partial charge on any atom is 0.229 e. The third-order valence-corrected chi connectivity index (χ3v) is 4.97. The lowest BCUT2D eigenvalue weighted by Gasteiger charge is -2.34. The van der Waals surface area contributed by atoms with Crippen LogP contribution in [0.5, 0.6) is 5.75 Å². The van der Waals surface area contributed by atoms with Crippen LogP contribution >= 0.6 is 11.3 Å². The van der Waals surface area contributed by atoms with Gasteiger partial charge in [-0.15, -0.1) is 10.2 Å². The number of hydrogen-bond donors (Lipinski definition) is 2. The Morgan fingerprint density at radius 3 is 2.75 bits per heavy atom. The fraction of sp³-hybridized carbons (Fsp3) is 0.438. The van der Waals surface area contributed by atoms with Crippen LogP contribution in [0.3, 0.4) is 0 Å². The van der Waals surface area contributed by atoms with Crippen molar-refractivity contribution in [3.05, 3.63) is 34.8 Å². The van der Waals surface area contributed by atoms with Gasteiger partial charge in [-0.1, -0.05) is 23.5 Å². The van der Waals surface area contributed by atoms with Gasteiger partial charge in [0, 0.05) is 39.8 Å². The average Bonchev–Trinajstić information content (AvgIpc) is 3.03. The molecule has 7 nitrogen and oxygen atoms in total. The van der Waals surface area contributed by atoms with Gasteiger partial charge in [0.1, 0.15) is 10.8 Å². The quantitative estimate of drug-likeness (QED) is 0.845. The van der Waals surface area contributed by atoms with Crippen LogP contribution in [0.4, 0.5) is 5.13 Å². The van der Waals surface area contributed by atoms with Crippen molar-refractivity contribution < 1.29 is 9.90 Å². The molecule has 0 bridgehead atoms. The van der Waals surface area contributed by atoms with Crippen molar-refractivity contribution in [2.75, 3.05) is 38.5 Å². The number of phenols is 1. The maximum atomic E-state index is 12.4. The van der Waals surface area contributed by atoms with E-state index >= 15 is 0 Å². The molecule has 1 aliphatic rings. The summed E-state index contributed by atoms with van der Waals surface area (Å²) in [6.07, 6.45) is 0.311. The van der Waals surface area contributed by atoms with Crippen molar-refractivity contribution in [2.45, 2.75) is 13.0 Å². The van der Waals surface area contributed by atoms with Gasteiger partial charge in [0.25, 0.3) is 0 Å². The number of carbonyl (C=O) groups excluding carboxylic acids is 1. The summed E-state index contributed by atoms with van der Waals surface area (Å²) < 4.78 is 0. The zero-order chi connectivity index (χ0) is 16.9. The third-order valence-electron chi connectivity index (χ3n) is 4.02. The molecule has 3 rings (SSSR count). The molecule has 0 saturated carbocycles. The Kier molecular flexibility index (Phi) is 5.27. The first-order valence-electron chi connectivity index (χ1n) is 7.92. The summed E-state index contributed by atoms with van der Waals surface area (Å²) in [4.78, 5) is 16.6. The van der Waals surface area contributed by atoms with Gasteiger partial charge in [-0.25, -0.2) is 0 Å². The van der Waals surface area contributed by atoms with E-state index in [0.717, 1.165) is 48.4 Å². The summed E-state index contributed by atoms with van der Waals surface area (Å²) in [6, 6.07) is 7.32. The van der Waals surface area contributed by atoms with Gasteiger partial charge in [0.2, 0.25) is 11.0 Å². The number of aromatic nitrogens is 2. The molecule has 0 spiro atoms. The third kappa shape index (κ3) is 4.21. The Labute approximate surface area is 144 Å². The number of aromatic hydroxyl groups is 1. The first kappa shape index (κ1) is 16.7. The Balaban J connectivity index is 1.48. The number of carbonyl (C=O) groups is 1. The van der Waals surface area contributed by atoms with Crippen molar-refractivity contribution >= 4 is 22.4 Å². The lowest BCUT2D eigenvalue weighted by Crippen LogP contribution is -2.48. The highest BCUT2D eigenvalue weighted by Gasteiger charge is 2.22. The lowest BCUT2D eigenvalue weighted by atomic mass is 10.2. The molecular weight excluding hydrogens is 326 g/mol. The number of benzene rings is 1. The molecule has 2 aromatic rings. The van der Waals surface area contributed by atoms with Crippen molar-refractivity contribution in [3.63, 3.8) is 0 Å². The van der Waals surface area contributed by atoms with Crippen LogP contribution in [-0.2, 0) is 17.8 Å². The van der Waals surface area contributed by atoms with Gasteiger partial charge in [-0.2, -0.15) is 0 Å². The highest BCUT2D eigenvalue weighted by Crippen LogP contribution is 2.17. The Hall–Kier alpha value is -2.19. The Morgan fingerprint density at radius 1 is 1.29 bits per heavy atom. The molecule has 1 aliphatic heterocycles. The number of nitrogens with one attached hydrogen (secondary N) is 1. The monoisotopic (exact) mass is 347 g/mol. The molecule has 0 radical (unpaired) electrons. The van der Waals surface area contributed by atoms with Gasteiger partial charge in [-0.05, 0) is 17.7 Å².